The molecule has 4 aromatic rings. The topological polar surface area (TPSA) is 63.8 Å². The number of aryl methyl sites for hydroxylation is 1. The number of hydrogen-bond donors (Lipinski definition) is 1. The molecule has 0 amide bonds. The fourth-order valence-corrected chi connectivity index (χ4v) is 3.69. The summed E-state index contributed by atoms with van der Waals surface area (Å²) in [5, 5.41) is 17.2. The lowest BCUT2D eigenvalue weighted by Gasteiger charge is -2.05. The first-order valence-electron chi connectivity index (χ1n) is 8.74. The van der Waals surface area contributed by atoms with Crippen LogP contribution in [0.15, 0.2) is 53.6 Å². The summed E-state index contributed by atoms with van der Waals surface area (Å²) in [7, 11) is 0. The van der Waals surface area contributed by atoms with Crippen molar-refractivity contribution in [3.8, 4) is 17.1 Å². The summed E-state index contributed by atoms with van der Waals surface area (Å²) >= 11 is 17.7. The van der Waals surface area contributed by atoms with Gasteiger partial charge in [0.25, 0.3) is 0 Å². The number of nitrogens with zero attached hydrogens (tertiary/aromatic N) is 5. The lowest BCUT2D eigenvalue weighted by atomic mass is 10.2. The Hall–Kier alpha value is -2.74. The van der Waals surface area contributed by atoms with Crippen molar-refractivity contribution in [2.24, 2.45) is 5.10 Å². The Morgan fingerprint density at radius 1 is 1.10 bits per heavy atom. The molecule has 2 heterocycles. The molecule has 0 aliphatic rings. The Balaban J connectivity index is 1.76. The quantitative estimate of drug-likeness (QED) is 0.330. The Morgan fingerprint density at radius 2 is 1.86 bits per heavy atom. The maximum atomic E-state index is 6.33. The van der Waals surface area contributed by atoms with E-state index in [1.165, 1.54) is 4.68 Å². The number of aromatic amines is 1. The van der Waals surface area contributed by atoms with Crippen LogP contribution in [0.3, 0.4) is 0 Å². The van der Waals surface area contributed by atoms with Gasteiger partial charge in [0, 0.05) is 16.1 Å². The van der Waals surface area contributed by atoms with Gasteiger partial charge in [0.2, 0.25) is 4.77 Å². The fraction of sp³-hybridized carbons (Fsp3) is 0.100. The van der Waals surface area contributed by atoms with E-state index < -0.39 is 0 Å². The van der Waals surface area contributed by atoms with Gasteiger partial charge in [-0.25, -0.2) is 9.78 Å². The number of benzene rings is 2. The molecule has 0 aliphatic carbocycles. The summed E-state index contributed by atoms with van der Waals surface area (Å²) in [5.74, 6) is 0.499. The van der Waals surface area contributed by atoms with E-state index in [1.807, 2.05) is 48.9 Å². The molecule has 0 bridgehead atoms. The Kier molecular flexibility index (Phi) is 5.36. The van der Waals surface area contributed by atoms with Gasteiger partial charge in [-0.3, -0.25) is 0 Å². The summed E-state index contributed by atoms with van der Waals surface area (Å²) in [6.07, 6.45) is 1.73. The minimum Gasteiger partial charge on any atom is -0.250 e. The average Bonchev–Trinajstić information content (AvgIpc) is 3.20. The van der Waals surface area contributed by atoms with Gasteiger partial charge in [0.05, 0.1) is 28.3 Å². The molecule has 0 atom stereocenters. The summed E-state index contributed by atoms with van der Waals surface area (Å²) in [6.45, 7) is 3.94. The van der Waals surface area contributed by atoms with Crippen LogP contribution < -0.4 is 0 Å². The normalized spacial score (nSPS) is 11.4. The monoisotopic (exact) mass is 442 g/mol. The van der Waals surface area contributed by atoms with E-state index in [0.717, 1.165) is 22.6 Å². The van der Waals surface area contributed by atoms with Gasteiger partial charge in [-0.2, -0.15) is 20.0 Å². The lowest BCUT2D eigenvalue weighted by molar-refractivity contribution is 0.833. The van der Waals surface area contributed by atoms with Crippen molar-refractivity contribution in [3.63, 3.8) is 0 Å². The molecule has 9 heteroatoms. The van der Waals surface area contributed by atoms with Crippen LogP contribution >= 0.6 is 35.4 Å². The Morgan fingerprint density at radius 3 is 2.59 bits per heavy atom. The first-order valence-corrected chi connectivity index (χ1v) is 9.91. The van der Waals surface area contributed by atoms with Gasteiger partial charge >= 0.3 is 0 Å². The van der Waals surface area contributed by atoms with Gasteiger partial charge < -0.3 is 0 Å². The molecule has 0 saturated heterocycles. The van der Waals surface area contributed by atoms with Crippen molar-refractivity contribution >= 4 is 41.6 Å². The third-order valence-electron chi connectivity index (χ3n) is 4.47. The molecule has 0 unspecified atom stereocenters. The number of nitrogens with one attached hydrogen (secondary N) is 1. The van der Waals surface area contributed by atoms with Crippen molar-refractivity contribution < 1.29 is 0 Å². The predicted octanol–water partition coefficient (Wildman–Crippen LogP) is 5.60. The molecule has 146 valence electrons. The maximum Gasteiger partial charge on any atom is 0.216 e. The zero-order valence-electron chi connectivity index (χ0n) is 15.6. The van der Waals surface area contributed by atoms with Gasteiger partial charge in [-0.05, 0) is 56.4 Å². The molecule has 0 radical (unpaired) electrons. The minimum absolute atomic E-state index is 0.355. The zero-order valence-corrected chi connectivity index (χ0v) is 17.9. The largest absolute Gasteiger partial charge is 0.250 e. The third-order valence-corrected chi connectivity index (χ3v) is 5.28. The van der Waals surface area contributed by atoms with Crippen LogP contribution in [0.2, 0.25) is 10.0 Å². The van der Waals surface area contributed by atoms with E-state index in [4.69, 9.17) is 35.4 Å². The van der Waals surface area contributed by atoms with Gasteiger partial charge in [0.15, 0.2) is 5.82 Å². The van der Waals surface area contributed by atoms with E-state index >= 15 is 0 Å². The molecule has 0 aliphatic heterocycles. The van der Waals surface area contributed by atoms with Crippen molar-refractivity contribution in [2.45, 2.75) is 13.8 Å². The van der Waals surface area contributed by atoms with Crippen LogP contribution in [0, 0.1) is 18.6 Å². The molecule has 6 nitrogen and oxygen atoms in total. The fourth-order valence-electron chi connectivity index (χ4n) is 3.02. The number of hydrogen-bond acceptors (Lipinski definition) is 4. The molecule has 4 rings (SSSR count). The second-order valence-corrected chi connectivity index (χ2v) is 7.60. The second kappa shape index (κ2) is 7.94. The van der Waals surface area contributed by atoms with Crippen LogP contribution in [0.1, 0.15) is 17.0 Å². The maximum absolute atomic E-state index is 6.33. The van der Waals surface area contributed by atoms with Gasteiger partial charge in [-0.1, -0.05) is 41.4 Å². The SMILES string of the molecule is Cc1nn(-c2ccccc2)c(C)c1/C=N\n1c(-c2ccc(Cl)cc2Cl)n[nH]c1=S. The molecule has 1 N–H and O–H groups in total. The van der Waals surface area contributed by atoms with Crippen LogP contribution in [-0.2, 0) is 0 Å². The van der Waals surface area contributed by atoms with Crippen molar-refractivity contribution in [2.75, 3.05) is 0 Å². The van der Waals surface area contributed by atoms with Crippen molar-refractivity contribution in [1.82, 2.24) is 24.7 Å². The van der Waals surface area contributed by atoms with Gasteiger partial charge in [-0.15, -0.1) is 0 Å². The van der Waals surface area contributed by atoms with E-state index in [9.17, 15) is 0 Å². The smallest absolute Gasteiger partial charge is 0.216 e. The summed E-state index contributed by atoms with van der Waals surface area (Å²) < 4.78 is 3.78. The van der Waals surface area contributed by atoms with Crippen LogP contribution in [0.25, 0.3) is 17.1 Å². The number of rotatable bonds is 4. The first-order chi connectivity index (χ1) is 14.0. The third kappa shape index (κ3) is 3.76. The molecule has 29 heavy (non-hydrogen) atoms. The Labute approximate surface area is 182 Å². The standard InChI is InChI=1S/C20H16Cl2N6S/c1-12-17(13(2)27(26-12)15-6-4-3-5-7-15)11-23-28-19(24-25-20(28)29)16-9-8-14(21)10-18(16)22/h3-11H,1-2H3,(H,25,29)/b23-11-. The number of para-hydroxylation sites is 1. The zero-order chi connectivity index (χ0) is 20.5. The molecular weight excluding hydrogens is 427 g/mol. The average molecular weight is 443 g/mol. The summed E-state index contributed by atoms with van der Waals surface area (Å²) in [4.78, 5) is 0. The minimum atomic E-state index is 0.355. The Bertz CT molecular complexity index is 1270. The molecule has 0 fully saturated rings. The highest BCUT2D eigenvalue weighted by molar-refractivity contribution is 7.71. The van der Waals surface area contributed by atoms with E-state index in [0.29, 0.717) is 26.2 Å². The van der Waals surface area contributed by atoms with Crippen LogP contribution in [-0.4, -0.2) is 30.9 Å². The highest BCUT2D eigenvalue weighted by atomic mass is 35.5. The molecule has 0 spiro atoms. The molecule has 0 saturated carbocycles. The summed E-state index contributed by atoms with van der Waals surface area (Å²) in [5.41, 5.74) is 4.40. The number of H-pyrrole nitrogens is 1. The molecule has 2 aromatic carbocycles. The van der Waals surface area contributed by atoms with E-state index in [1.54, 1.807) is 24.4 Å². The van der Waals surface area contributed by atoms with E-state index in [-0.39, 0.29) is 0 Å². The molecule has 2 aromatic heterocycles. The predicted molar refractivity (Wildman–Crippen MR) is 119 cm³/mol. The highest BCUT2D eigenvalue weighted by Gasteiger charge is 2.14. The van der Waals surface area contributed by atoms with E-state index in [2.05, 4.69) is 20.4 Å². The van der Waals surface area contributed by atoms with Crippen LogP contribution in [0.5, 0.6) is 0 Å². The summed E-state index contributed by atoms with van der Waals surface area (Å²) in [6, 6.07) is 15.1. The highest BCUT2D eigenvalue weighted by Crippen LogP contribution is 2.29. The second-order valence-electron chi connectivity index (χ2n) is 6.36. The van der Waals surface area contributed by atoms with Crippen LogP contribution in [0.4, 0.5) is 0 Å². The van der Waals surface area contributed by atoms with Crippen molar-refractivity contribution in [3.05, 3.63) is 80.3 Å². The van der Waals surface area contributed by atoms with Crippen molar-refractivity contribution in [1.29, 1.82) is 0 Å². The molecular formula is C20H16Cl2N6S. The number of aromatic nitrogens is 5. The van der Waals surface area contributed by atoms with Gasteiger partial charge in [0.1, 0.15) is 0 Å². The lowest BCUT2D eigenvalue weighted by Crippen LogP contribution is -1.99. The first kappa shape index (κ1) is 19.6. The number of halogens is 2.